The molecule has 0 bridgehead atoms. The van der Waals surface area contributed by atoms with Gasteiger partial charge in [-0.05, 0) is 66.7 Å². The highest BCUT2D eigenvalue weighted by Gasteiger charge is 2.14. The molecular formula is C24H16BrCl2NO3S. The number of furan rings is 1. The van der Waals surface area contributed by atoms with Crippen molar-refractivity contribution < 1.29 is 13.9 Å². The zero-order valence-electron chi connectivity index (χ0n) is 16.5. The van der Waals surface area contributed by atoms with Gasteiger partial charge in [0.25, 0.3) is 5.91 Å². The van der Waals surface area contributed by atoms with Crippen molar-refractivity contribution in [1.29, 1.82) is 0 Å². The lowest BCUT2D eigenvalue weighted by Crippen LogP contribution is -2.11. The van der Waals surface area contributed by atoms with E-state index in [0.29, 0.717) is 27.2 Å². The van der Waals surface area contributed by atoms with E-state index in [1.807, 2.05) is 54.6 Å². The fraction of sp³-hybridized carbons (Fsp3) is 0.0417. The zero-order chi connectivity index (χ0) is 22.5. The topological polar surface area (TPSA) is 51.5 Å². The summed E-state index contributed by atoms with van der Waals surface area (Å²) in [5.74, 6) is 0.891. The summed E-state index contributed by atoms with van der Waals surface area (Å²) in [7, 11) is 0. The van der Waals surface area contributed by atoms with E-state index in [1.165, 1.54) is 11.8 Å². The number of anilines is 1. The van der Waals surface area contributed by atoms with Gasteiger partial charge < -0.3 is 14.5 Å². The first-order valence-corrected chi connectivity index (χ1v) is 11.8. The highest BCUT2D eigenvalue weighted by atomic mass is 79.9. The maximum Gasteiger partial charge on any atom is 0.291 e. The van der Waals surface area contributed by atoms with Gasteiger partial charge in [-0.15, -0.1) is 0 Å². The van der Waals surface area contributed by atoms with E-state index in [4.69, 9.17) is 32.4 Å². The predicted octanol–water partition coefficient (Wildman–Crippen LogP) is 8.33. The van der Waals surface area contributed by atoms with Gasteiger partial charge in [0.15, 0.2) is 5.76 Å². The molecule has 0 aliphatic rings. The second kappa shape index (κ2) is 10.5. The Balaban J connectivity index is 1.41. The lowest BCUT2D eigenvalue weighted by Gasteiger charge is -2.10. The predicted molar refractivity (Wildman–Crippen MR) is 132 cm³/mol. The number of ether oxygens (including phenoxy) is 1. The Morgan fingerprint density at radius 3 is 2.56 bits per heavy atom. The van der Waals surface area contributed by atoms with Crippen molar-refractivity contribution in [2.24, 2.45) is 0 Å². The molecule has 0 spiro atoms. The maximum absolute atomic E-state index is 12.7. The standard InChI is InChI=1S/C24H16BrCl2NO3S/c25-15-5-11-21(19(27)13-15)30-14-17-8-12-22(31-17)24(29)28-20-3-1-2-4-23(20)32-18-9-6-16(26)7-10-18/h1-13H,14H2,(H,28,29). The van der Waals surface area contributed by atoms with Gasteiger partial charge in [-0.3, -0.25) is 4.79 Å². The number of carbonyl (C=O) groups excluding carboxylic acids is 1. The number of para-hydroxylation sites is 1. The summed E-state index contributed by atoms with van der Waals surface area (Å²) < 4.78 is 12.2. The Morgan fingerprint density at radius 1 is 1.00 bits per heavy atom. The third-order valence-corrected chi connectivity index (χ3v) is 6.45. The number of hydrogen-bond acceptors (Lipinski definition) is 4. The minimum Gasteiger partial charge on any atom is -0.484 e. The largest absolute Gasteiger partial charge is 0.484 e. The molecule has 0 aliphatic carbocycles. The van der Waals surface area contributed by atoms with E-state index in [2.05, 4.69) is 21.2 Å². The maximum atomic E-state index is 12.7. The highest BCUT2D eigenvalue weighted by Crippen LogP contribution is 2.34. The number of rotatable bonds is 7. The number of carbonyl (C=O) groups is 1. The fourth-order valence-corrected chi connectivity index (χ4v) is 4.55. The van der Waals surface area contributed by atoms with Gasteiger partial charge in [0, 0.05) is 19.3 Å². The summed E-state index contributed by atoms with van der Waals surface area (Å²) in [6.45, 7) is 0.150. The molecule has 0 atom stereocenters. The van der Waals surface area contributed by atoms with Crippen molar-refractivity contribution >= 4 is 62.5 Å². The van der Waals surface area contributed by atoms with Gasteiger partial charge >= 0.3 is 0 Å². The van der Waals surface area contributed by atoms with Gasteiger partial charge in [-0.1, -0.05) is 63.0 Å². The van der Waals surface area contributed by atoms with Crippen LogP contribution in [0.5, 0.6) is 5.75 Å². The van der Waals surface area contributed by atoms with Crippen molar-refractivity contribution in [3.8, 4) is 5.75 Å². The molecule has 0 radical (unpaired) electrons. The van der Waals surface area contributed by atoms with Crippen molar-refractivity contribution in [1.82, 2.24) is 0 Å². The third kappa shape index (κ3) is 5.90. The number of halogens is 3. The molecule has 4 rings (SSSR count). The van der Waals surface area contributed by atoms with Gasteiger partial charge in [-0.25, -0.2) is 0 Å². The molecule has 32 heavy (non-hydrogen) atoms. The number of amides is 1. The van der Waals surface area contributed by atoms with Crippen molar-refractivity contribution in [2.45, 2.75) is 16.4 Å². The first-order chi connectivity index (χ1) is 15.5. The average molecular weight is 549 g/mol. The van der Waals surface area contributed by atoms with Crippen LogP contribution in [0.25, 0.3) is 0 Å². The Morgan fingerprint density at radius 2 is 1.78 bits per heavy atom. The summed E-state index contributed by atoms with van der Waals surface area (Å²) in [6, 6.07) is 23.8. The molecule has 1 N–H and O–H groups in total. The van der Waals surface area contributed by atoms with Gasteiger partial charge in [0.1, 0.15) is 18.1 Å². The number of hydrogen-bond donors (Lipinski definition) is 1. The third-order valence-electron chi connectivity index (χ3n) is 4.33. The molecule has 4 nitrogen and oxygen atoms in total. The zero-order valence-corrected chi connectivity index (χ0v) is 20.4. The summed E-state index contributed by atoms with van der Waals surface area (Å²) in [5, 5.41) is 4.08. The average Bonchev–Trinajstić information content (AvgIpc) is 3.25. The molecule has 8 heteroatoms. The Hall–Kier alpha value is -2.38. The van der Waals surface area contributed by atoms with Crippen LogP contribution in [0.15, 0.2) is 97.5 Å². The van der Waals surface area contributed by atoms with E-state index in [1.54, 1.807) is 24.3 Å². The summed E-state index contributed by atoms with van der Waals surface area (Å²) in [6.07, 6.45) is 0. The normalized spacial score (nSPS) is 10.7. The van der Waals surface area contributed by atoms with Crippen molar-refractivity contribution in [3.63, 3.8) is 0 Å². The van der Waals surface area contributed by atoms with Crippen LogP contribution in [-0.2, 0) is 6.61 Å². The molecule has 0 aliphatic heterocycles. The SMILES string of the molecule is O=C(Nc1ccccc1Sc1ccc(Cl)cc1)c1ccc(COc2ccc(Br)cc2Cl)o1. The van der Waals surface area contributed by atoms with E-state index >= 15 is 0 Å². The molecule has 4 aromatic rings. The molecule has 0 fully saturated rings. The van der Waals surface area contributed by atoms with Gasteiger partial charge in [0.2, 0.25) is 0 Å². The molecule has 1 heterocycles. The lowest BCUT2D eigenvalue weighted by molar-refractivity contribution is 0.0992. The van der Waals surface area contributed by atoms with Crippen LogP contribution in [0.1, 0.15) is 16.3 Å². The quantitative estimate of drug-likeness (QED) is 0.252. The Labute approximate surface area is 208 Å². The summed E-state index contributed by atoms with van der Waals surface area (Å²) in [4.78, 5) is 14.7. The van der Waals surface area contributed by atoms with Crippen LogP contribution in [0.4, 0.5) is 5.69 Å². The first kappa shape index (κ1) is 22.8. The van der Waals surface area contributed by atoms with Crippen LogP contribution in [0.3, 0.4) is 0 Å². The van der Waals surface area contributed by atoms with E-state index in [-0.39, 0.29) is 18.3 Å². The molecule has 0 saturated heterocycles. The number of nitrogens with one attached hydrogen (secondary N) is 1. The van der Waals surface area contributed by atoms with Gasteiger partial charge in [0.05, 0.1) is 10.7 Å². The Kier molecular flexibility index (Phi) is 7.48. The molecule has 162 valence electrons. The second-order valence-electron chi connectivity index (χ2n) is 6.64. The van der Waals surface area contributed by atoms with E-state index < -0.39 is 0 Å². The molecule has 0 saturated carbocycles. The highest BCUT2D eigenvalue weighted by molar-refractivity contribution is 9.10. The van der Waals surface area contributed by atoms with Crippen molar-refractivity contribution in [3.05, 3.63) is 105 Å². The van der Waals surface area contributed by atoms with Crippen LogP contribution >= 0.6 is 50.9 Å². The molecular weight excluding hydrogens is 533 g/mol. The van der Waals surface area contributed by atoms with Crippen LogP contribution in [-0.4, -0.2) is 5.91 Å². The monoisotopic (exact) mass is 547 g/mol. The molecule has 3 aromatic carbocycles. The minimum absolute atomic E-state index is 0.150. The smallest absolute Gasteiger partial charge is 0.291 e. The first-order valence-electron chi connectivity index (χ1n) is 9.48. The minimum atomic E-state index is -0.345. The van der Waals surface area contributed by atoms with Crippen LogP contribution < -0.4 is 10.1 Å². The fourth-order valence-electron chi connectivity index (χ4n) is 2.79. The second-order valence-corrected chi connectivity index (χ2v) is 9.51. The molecule has 1 amide bonds. The van der Waals surface area contributed by atoms with E-state index in [0.717, 1.165) is 14.3 Å². The lowest BCUT2D eigenvalue weighted by atomic mass is 10.3. The Bertz CT molecular complexity index is 1240. The molecule has 1 aromatic heterocycles. The van der Waals surface area contributed by atoms with E-state index in [9.17, 15) is 4.79 Å². The summed E-state index contributed by atoms with van der Waals surface area (Å²) >= 11 is 17.0. The van der Waals surface area contributed by atoms with Gasteiger partial charge in [-0.2, -0.15) is 0 Å². The van der Waals surface area contributed by atoms with Crippen LogP contribution in [0, 0.1) is 0 Å². The van der Waals surface area contributed by atoms with Crippen molar-refractivity contribution in [2.75, 3.05) is 5.32 Å². The molecule has 0 unspecified atom stereocenters. The van der Waals surface area contributed by atoms with Crippen LogP contribution in [0.2, 0.25) is 10.0 Å². The number of benzene rings is 3. The summed E-state index contributed by atoms with van der Waals surface area (Å²) in [5.41, 5.74) is 0.688.